The fraction of sp³-hybridized carbons (Fsp3) is 0.778. The molecule has 0 aromatic rings. The van der Waals surface area contributed by atoms with Gasteiger partial charge in [-0.05, 0) is 20.3 Å². The van der Waals surface area contributed by atoms with Gasteiger partial charge in [0.1, 0.15) is 5.75 Å². The summed E-state index contributed by atoms with van der Waals surface area (Å²) in [5, 5.41) is 8.68. The summed E-state index contributed by atoms with van der Waals surface area (Å²) in [6.45, 7) is 3.31. The minimum absolute atomic E-state index is 0.178. The van der Waals surface area contributed by atoms with Crippen molar-refractivity contribution >= 4 is 15.8 Å². The van der Waals surface area contributed by atoms with Gasteiger partial charge < -0.3 is 4.74 Å². The van der Waals surface area contributed by atoms with E-state index in [2.05, 4.69) is 4.74 Å². The molecule has 0 atom stereocenters. The maximum Gasteiger partial charge on any atom is 0.320 e. The van der Waals surface area contributed by atoms with Crippen LogP contribution in [0.25, 0.3) is 0 Å². The molecule has 0 aromatic carbocycles. The molecule has 0 aromatic heterocycles. The maximum absolute atomic E-state index is 11.4. The molecule has 0 fully saturated rings. The number of carbonyl (C=O) groups excluding carboxylic acids is 1. The second-order valence-electron chi connectivity index (χ2n) is 3.91. The molecule has 0 rings (SSSR count). The molecule has 86 valence electrons. The van der Waals surface area contributed by atoms with Crippen LogP contribution in [0.4, 0.5) is 0 Å². The molecular formula is C9H15NO4S. The molecule has 0 amide bonds. The molecular weight excluding hydrogens is 218 g/mol. The third-order valence-electron chi connectivity index (χ3n) is 1.91. The number of esters is 1. The van der Waals surface area contributed by atoms with Crippen LogP contribution in [0, 0.1) is 16.7 Å². The van der Waals surface area contributed by atoms with Gasteiger partial charge in [-0.2, -0.15) is 5.26 Å². The minimum Gasteiger partial charge on any atom is -0.468 e. The van der Waals surface area contributed by atoms with Crippen molar-refractivity contribution in [2.45, 2.75) is 20.3 Å². The number of rotatable bonds is 5. The Morgan fingerprint density at radius 3 is 2.40 bits per heavy atom. The van der Waals surface area contributed by atoms with E-state index in [1.165, 1.54) is 0 Å². The third-order valence-corrected chi connectivity index (χ3v) is 3.41. The smallest absolute Gasteiger partial charge is 0.320 e. The first-order chi connectivity index (χ1) is 6.72. The summed E-state index contributed by atoms with van der Waals surface area (Å²) < 4.78 is 27.0. The zero-order valence-electron chi connectivity index (χ0n) is 9.11. The quantitative estimate of drug-likeness (QED) is 0.646. The van der Waals surface area contributed by atoms with Crippen molar-refractivity contribution in [3.8, 4) is 6.07 Å². The molecule has 0 aliphatic rings. The summed E-state index contributed by atoms with van der Waals surface area (Å²) in [6, 6.07) is 2.00. The largest absolute Gasteiger partial charge is 0.468 e. The maximum atomic E-state index is 11.4. The summed E-state index contributed by atoms with van der Waals surface area (Å²) >= 11 is 0. The van der Waals surface area contributed by atoms with Crippen molar-refractivity contribution in [2.24, 2.45) is 5.41 Å². The Labute approximate surface area is 90.0 Å². The van der Waals surface area contributed by atoms with Crippen LogP contribution in [0.2, 0.25) is 0 Å². The highest BCUT2D eigenvalue weighted by Gasteiger charge is 2.23. The molecule has 0 saturated heterocycles. The van der Waals surface area contributed by atoms with E-state index in [1.54, 1.807) is 13.8 Å². The van der Waals surface area contributed by atoms with Crippen molar-refractivity contribution in [1.82, 2.24) is 0 Å². The van der Waals surface area contributed by atoms with Gasteiger partial charge in [0.25, 0.3) is 0 Å². The second-order valence-corrected chi connectivity index (χ2v) is 6.10. The molecule has 6 heteroatoms. The van der Waals surface area contributed by atoms with E-state index >= 15 is 0 Å². The zero-order chi connectivity index (χ0) is 12.1. The van der Waals surface area contributed by atoms with E-state index < -0.39 is 27.0 Å². The van der Waals surface area contributed by atoms with Gasteiger partial charge in [-0.25, -0.2) is 8.42 Å². The van der Waals surface area contributed by atoms with Crippen LogP contribution < -0.4 is 0 Å². The van der Waals surface area contributed by atoms with Gasteiger partial charge in [0.05, 0.1) is 24.3 Å². The molecule has 15 heavy (non-hydrogen) atoms. The van der Waals surface area contributed by atoms with Crippen LogP contribution in [0.15, 0.2) is 0 Å². The van der Waals surface area contributed by atoms with E-state index in [4.69, 9.17) is 5.26 Å². The first kappa shape index (κ1) is 13.9. The van der Waals surface area contributed by atoms with Gasteiger partial charge in [-0.3, -0.25) is 4.79 Å². The minimum atomic E-state index is -3.46. The van der Waals surface area contributed by atoms with E-state index in [0.29, 0.717) is 0 Å². The van der Waals surface area contributed by atoms with Gasteiger partial charge in [0, 0.05) is 0 Å². The predicted molar refractivity (Wildman–Crippen MR) is 54.7 cm³/mol. The summed E-state index contributed by atoms with van der Waals surface area (Å²) in [5.41, 5.74) is -0.691. The average Bonchev–Trinajstić information content (AvgIpc) is 2.14. The van der Waals surface area contributed by atoms with Crippen LogP contribution in [0.3, 0.4) is 0 Å². The Kier molecular flexibility index (Phi) is 4.75. The van der Waals surface area contributed by atoms with Crippen molar-refractivity contribution in [2.75, 3.05) is 18.6 Å². The highest BCUT2D eigenvalue weighted by atomic mass is 32.2. The number of sulfone groups is 1. The summed E-state index contributed by atoms with van der Waals surface area (Å²) in [5.74, 6) is -1.57. The number of carbonyl (C=O) groups is 1. The van der Waals surface area contributed by atoms with E-state index in [-0.39, 0.29) is 12.2 Å². The molecule has 0 unspecified atom stereocenters. The number of hydrogen-bond donors (Lipinski definition) is 0. The van der Waals surface area contributed by atoms with E-state index in [9.17, 15) is 13.2 Å². The lowest BCUT2D eigenvalue weighted by molar-refractivity contribution is -0.137. The first-order valence-electron chi connectivity index (χ1n) is 4.41. The van der Waals surface area contributed by atoms with E-state index in [1.807, 2.05) is 6.07 Å². The van der Waals surface area contributed by atoms with Crippen molar-refractivity contribution in [1.29, 1.82) is 5.26 Å². The number of nitriles is 1. The van der Waals surface area contributed by atoms with Gasteiger partial charge >= 0.3 is 5.97 Å². The number of nitrogens with zero attached hydrogens (tertiary/aromatic N) is 1. The predicted octanol–water partition coefficient (Wildman–Crippen LogP) is 0.514. The Morgan fingerprint density at radius 1 is 1.47 bits per heavy atom. The standard InChI is InChI=1S/C9H15NO4S/c1-9(2,7-10)4-5-15(12,13)6-8(11)14-3/h4-6H2,1-3H3. The lowest BCUT2D eigenvalue weighted by Crippen LogP contribution is -2.23. The van der Waals surface area contributed by atoms with Gasteiger partial charge in [0.15, 0.2) is 9.84 Å². The molecule has 0 heterocycles. The third kappa shape index (κ3) is 6.07. The highest BCUT2D eigenvalue weighted by molar-refractivity contribution is 7.92. The van der Waals surface area contributed by atoms with Crippen LogP contribution in [0.1, 0.15) is 20.3 Å². The zero-order valence-corrected chi connectivity index (χ0v) is 9.93. The molecule has 0 aliphatic carbocycles. The van der Waals surface area contributed by atoms with Gasteiger partial charge in [0.2, 0.25) is 0 Å². The Balaban J connectivity index is 4.31. The van der Waals surface area contributed by atoms with Crippen LogP contribution in [0.5, 0.6) is 0 Å². The number of methoxy groups -OCH3 is 1. The Bertz CT molecular complexity index is 364. The fourth-order valence-corrected chi connectivity index (χ4v) is 2.22. The lowest BCUT2D eigenvalue weighted by Gasteiger charge is -2.14. The van der Waals surface area contributed by atoms with Crippen molar-refractivity contribution in [3.63, 3.8) is 0 Å². The Morgan fingerprint density at radius 2 is 2.00 bits per heavy atom. The SMILES string of the molecule is COC(=O)CS(=O)(=O)CCC(C)(C)C#N. The molecule has 0 radical (unpaired) electrons. The molecule has 5 nitrogen and oxygen atoms in total. The monoisotopic (exact) mass is 233 g/mol. The second kappa shape index (κ2) is 5.12. The van der Waals surface area contributed by atoms with Crippen LogP contribution in [-0.2, 0) is 19.4 Å². The molecule has 0 saturated carbocycles. The van der Waals surface area contributed by atoms with Gasteiger partial charge in [-0.15, -0.1) is 0 Å². The average molecular weight is 233 g/mol. The molecule has 0 aliphatic heterocycles. The first-order valence-corrected chi connectivity index (χ1v) is 6.23. The molecule has 0 N–H and O–H groups in total. The van der Waals surface area contributed by atoms with Crippen molar-refractivity contribution in [3.05, 3.63) is 0 Å². The van der Waals surface area contributed by atoms with E-state index in [0.717, 1.165) is 7.11 Å². The fourth-order valence-electron chi connectivity index (χ4n) is 0.777. The van der Waals surface area contributed by atoms with Crippen molar-refractivity contribution < 1.29 is 17.9 Å². The topological polar surface area (TPSA) is 84.2 Å². The van der Waals surface area contributed by atoms with Crippen LogP contribution in [-0.4, -0.2) is 33.0 Å². The molecule has 0 bridgehead atoms. The Hall–Kier alpha value is -1.09. The normalized spacial score (nSPS) is 11.9. The lowest BCUT2D eigenvalue weighted by atomic mass is 9.93. The molecule has 0 spiro atoms. The summed E-state index contributed by atoms with van der Waals surface area (Å²) in [7, 11) is -2.33. The number of ether oxygens (including phenoxy) is 1. The van der Waals surface area contributed by atoms with Gasteiger partial charge in [-0.1, -0.05) is 0 Å². The van der Waals surface area contributed by atoms with Crippen LogP contribution >= 0.6 is 0 Å². The summed E-state index contributed by atoms with van der Waals surface area (Å²) in [6.07, 6.45) is 0.211. The summed E-state index contributed by atoms with van der Waals surface area (Å²) in [4.78, 5) is 10.8. The highest BCUT2D eigenvalue weighted by Crippen LogP contribution is 2.19. The number of hydrogen-bond acceptors (Lipinski definition) is 5.